The SMILES string of the molecule is CCOc1ccc(S(=O)(=O)NCCn2ccc(-c3ccsc3)n2)cc1F. The highest BCUT2D eigenvalue weighted by Crippen LogP contribution is 2.21. The van der Waals surface area contributed by atoms with Gasteiger partial charge in [-0.3, -0.25) is 4.68 Å². The van der Waals surface area contributed by atoms with E-state index in [4.69, 9.17) is 4.74 Å². The molecule has 138 valence electrons. The van der Waals surface area contributed by atoms with E-state index in [1.165, 1.54) is 12.1 Å². The van der Waals surface area contributed by atoms with Gasteiger partial charge >= 0.3 is 0 Å². The highest BCUT2D eigenvalue weighted by molar-refractivity contribution is 7.89. The van der Waals surface area contributed by atoms with Crippen LogP contribution in [0.5, 0.6) is 5.75 Å². The average Bonchev–Trinajstić information content (AvgIpc) is 3.28. The highest BCUT2D eigenvalue weighted by Gasteiger charge is 2.16. The molecule has 0 radical (unpaired) electrons. The van der Waals surface area contributed by atoms with Crippen LogP contribution in [-0.2, 0) is 16.6 Å². The molecule has 1 aromatic carbocycles. The van der Waals surface area contributed by atoms with Crippen molar-refractivity contribution in [2.45, 2.75) is 18.4 Å². The molecule has 2 aromatic heterocycles. The van der Waals surface area contributed by atoms with Gasteiger partial charge in [0, 0.05) is 23.7 Å². The van der Waals surface area contributed by atoms with Gasteiger partial charge in [-0.15, -0.1) is 0 Å². The summed E-state index contributed by atoms with van der Waals surface area (Å²) in [5, 5.41) is 8.37. The number of hydrogen-bond donors (Lipinski definition) is 1. The lowest BCUT2D eigenvalue weighted by molar-refractivity contribution is 0.321. The van der Waals surface area contributed by atoms with Crippen LogP contribution in [0.3, 0.4) is 0 Å². The number of benzene rings is 1. The number of halogens is 1. The smallest absolute Gasteiger partial charge is 0.240 e. The zero-order valence-electron chi connectivity index (χ0n) is 14.1. The molecule has 0 fully saturated rings. The fraction of sp³-hybridized carbons (Fsp3) is 0.235. The maximum Gasteiger partial charge on any atom is 0.240 e. The summed E-state index contributed by atoms with van der Waals surface area (Å²) in [6, 6.07) is 7.43. The third-order valence-electron chi connectivity index (χ3n) is 3.60. The van der Waals surface area contributed by atoms with Gasteiger partial charge in [-0.25, -0.2) is 17.5 Å². The van der Waals surface area contributed by atoms with E-state index in [-0.39, 0.29) is 17.2 Å². The Labute approximate surface area is 155 Å². The molecule has 0 saturated heterocycles. The van der Waals surface area contributed by atoms with E-state index in [1.807, 2.05) is 22.9 Å². The molecule has 0 aliphatic rings. The summed E-state index contributed by atoms with van der Waals surface area (Å²) in [5.41, 5.74) is 1.86. The van der Waals surface area contributed by atoms with Crippen molar-refractivity contribution in [3.05, 3.63) is 53.1 Å². The Bertz CT molecular complexity index is 969. The molecule has 0 unspecified atom stereocenters. The Balaban J connectivity index is 1.61. The number of thiophene rings is 1. The summed E-state index contributed by atoms with van der Waals surface area (Å²) in [6.45, 7) is 2.54. The van der Waals surface area contributed by atoms with Crippen molar-refractivity contribution in [2.75, 3.05) is 13.2 Å². The zero-order chi connectivity index (χ0) is 18.6. The minimum Gasteiger partial charge on any atom is -0.491 e. The van der Waals surface area contributed by atoms with Crippen LogP contribution in [0.15, 0.2) is 52.2 Å². The molecule has 0 saturated carbocycles. The minimum atomic E-state index is -3.81. The Kier molecular flexibility index (Phi) is 5.70. The minimum absolute atomic E-state index is 0.0314. The lowest BCUT2D eigenvalue weighted by atomic mass is 10.2. The molecule has 26 heavy (non-hydrogen) atoms. The second-order valence-corrected chi connectivity index (χ2v) is 7.95. The van der Waals surface area contributed by atoms with Crippen molar-refractivity contribution in [1.82, 2.24) is 14.5 Å². The Morgan fingerprint density at radius 2 is 2.15 bits per heavy atom. The molecule has 0 atom stereocenters. The van der Waals surface area contributed by atoms with Gasteiger partial charge in [0.2, 0.25) is 10.0 Å². The van der Waals surface area contributed by atoms with Crippen LogP contribution in [0.25, 0.3) is 11.3 Å². The molecule has 3 aromatic rings. The van der Waals surface area contributed by atoms with Gasteiger partial charge in [0.15, 0.2) is 11.6 Å². The third-order valence-corrected chi connectivity index (χ3v) is 5.75. The second kappa shape index (κ2) is 7.98. The molecule has 2 heterocycles. The van der Waals surface area contributed by atoms with E-state index in [9.17, 15) is 12.8 Å². The number of ether oxygens (including phenoxy) is 1. The molecule has 0 aliphatic carbocycles. The van der Waals surface area contributed by atoms with E-state index >= 15 is 0 Å². The predicted molar refractivity (Wildman–Crippen MR) is 98.3 cm³/mol. The zero-order valence-corrected chi connectivity index (χ0v) is 15.7. The fourth-order valence-corrected chi connectivity index (χ4v) is 4.03. The number of nitrogens with one attached hydrogen (secondary N) is 1. The van der Waals surface area contributed by atoms with Gasteiger partial charge in [0.1, 0.15) is 0 Å². The van der Waals surface area contributed by atoms with Crippen molar-refractivity contribution >= 4 is 21.4 Å². The monoisotopic (exact) mass is 395 g/mol. The molecule has 1 N–H and O–H groups in total. The van der Waals surface area contributed by atoms with Crippen molar-refractivity contribution in [3.63, 3.8) is 0 Å². The molecular weight excluding hydrogens is 377 g/mol. The van der Waals surface area contributed by atoms with Crippen LogP contribution < -0.4 is 9.46 Å². The van der Waals surface area contributed by atoms with Crippen LogP contribution >= 0.6 is 11.3 Å². The third kappa shape index (κ3) is 4.29. The number of rotatable bonds is 8. The first kappa shape index (κ1) is 18.6. The van der Waals surface area contributed by atoms with E-state index in [1.54, 1.807) is 29.1 Å². The first-order valence-electron chi connectivity index (χ1n) is 7.97. The van der Waals surface area contributed by atoms with E-state index in [0.717, 1.165) is 17.3 Å². The summed E-state index contributed by atoms with van der Waals surface area (Å²) in [4.78, 5) is -0.141. The number of aromatic nitrogens is 2. The van der Waals surface area contributed by atoms with Crippen LogP contribution in [-0.4, -0.2) is 31.3 Å². The van der Waals surface area contributed by atoms with Crippen molar-refractivity contribution < 1.29 is 17.5 Å². The fourth-order valence-electron chi connectivity index (χ4n) is 2.35. The van der Waals surface area contributed by atoms with E-state index < -0.39 is 15.8 Å². The molecule has 0 aliphatic heterocycles. The first-order valence-corrected chi connectivity index (χ1v) is 10.4. The van der Waals surface area contributed by atoms with Crippen LogP contribution in [0, 0.1) is 5.82 Å². The normalized spacial score (nSPS) is 11.6. The largest absolute Gasteiger partial charge is 0.491 e. The van der Waals surface area contributed by atoms with E-state index in [2.05, 4.69) is 9.82 Å². The Hall–Kier alpha value is -2.23. The molecule has 3 rings (SSSR count). The molecular formula is C17H18FN3O3S2. The topological polar surface area (TPSA) is 73.2 Å². The Morgan fingerprint density at radius 1 is 1.31 bits per heavy atom. The standard InChI is InChI=1S/C17H18FN3O3S2/c1-2-24-17-4-3-14(11-15(17)18)26(22,23)19-7-9-21-8-5-16(20-21)13-6-10-25-12-13/h3-6,8,10-12,19H,2,7,9H2,1H3. The molecule has 0 bridgehead atoms. The van der Waals surface area contributed by atoms with Gasteiger partial charge in [-0.1, -0.05) is 0 Å². The average molecular weight is 395 g/mol. The van der Waals surface area contributed by atoms with Gasteiger partial charge in [0.05, 0.1) is 23.7 Å². The molecule has 0 amide bonds. The predicted octanol–water partition coefficient (Wildman–Crippen LogP) is 3.13. The van der Waals surface area contributed by atoms with Gasteiger partial charge in [-0.2, -0.15) is 16.4 Å². The lowest BCUT2D eigenvalue weighted by Crippen LogP contribution is -2.27. The van der Waals surface area contributed by atoms with Crippen LogP contribution in [0.4, 0.5) is 4.39 Å². The number of nitrogens with zero attached hydrogens (tertiary/aromatic N) is 2. The molecule has 9 heteroatoms. The maximum atomic E-state index is 13.9. The van der Waals surface area contributed by atoms with Crippen molar-refractivity contribution in [2.24, 2.45) is 0 Å². The first-order chi connectivity index (χ1) is 12.5. The summed E-state index contributed by atoms with van der Waals surface area (Å²) < 4.78 is 47.6. The summed E-state index contributed by atoms with van der Waals surface area (Å²) in [7, 11) is -3.81. The van der Waals surface area contributed by atoms with Gasteiger partial charge < -0.3 is 4.74 Å². The molecule has 0 spiro atoms. The number of hydrogen-bond acceptors (Lipinski definition) is 5. The highest BCUT2D eigenvalue weighted by atomic mass is 32.2. The van der Waals surface area contributed by atoms with E-state index in [0.29, 0.717) is 13.2 Å². The Morgan fingerprint density at radius 3 is 2.85 bits per heavy atom. The molecule has 6 nitrogen and oxygen atoms in total. The maximum absolute atomic E-state index is 13.9. The van der Waals surface area contributed by atoms with Gasteiger partial charge in [-0.05, 0) is 42.6 Å². The van der Waals surface area contributed by atoms with Crippen LogP contribution in [0.2, 0.25) is 0 Å². The van der Waals surface area contributed by atoms with Gasteiger partial charge in [0.25, 0.3) is 0 Å². The summed E-state index contributed by atoms with van der Waals surface area (Å²) >= 11 is 1.59. The quantitative estimate of drug-likeness (QED) is 0.636. The second-order valence-electron chi connectivity index (χ2n) is 5.40. The van der Waals surface area contributed by atoms with Crippen molar-refractivity contribution in [3.8, 4) is 17.0 Å². The van der Waals surface area contributed by atoms with Crippen LogP contribution in [0.1, 0.15) is 6.92 Å². The lowest BCUT2D eigenvalue weighted by Gasteiger charge is -2.09. The summed E-state index contributed by atoms with van der Waals surface area (Å²) in [5.74, 6) is -0.675. The summed E-state index contributed by atoms with van der Waals surface area (Å²) in [6.07, 6.45) is 1.79. The van der Waals surface area contributed by atoms with Crippen molar-refractivity contribution in [1.29, 1.82) is 0 Å². The number of sulfonamides is 1.